The van der Waals surface area contributed by atoms with Crippen molar-refractivity contribution in [2.75, 3.05) is 0 Å². The zero-order chi connectivity index (χ0) is 22.4. The lowest BCUT2D eigenvalue weighted by atomic mass is 10.1. The minimum Gasteiger partial charge on any atom is -0.373 e. The highest BCUT2D eigenvalue weighted by atomic mass is 32.1. The standard InChI is InChI=1S/C25H19FN6S/c26-21-12-17(4-7-20(21)24(33)30-18-5-6-18)23-14-29-25-28-13-19(32(25)31-23)11-15-3-8-22-16(10-15)2-1-9-27-22/h1-4,7-10,12-14,18H,5-6,11H2,(H,30,33). The van der Waals surface area contributed by atoms with E-state index in [2.05, 4.69) is 32.4 Å². The number of nitrogens with one attached hydrogen (secondary N) is 1. The summed E-state index contributed by atoms with van der Waals surface area (Å²) in [4.78, 5) is 13.6. The maximum absolute atomic E-state index is 14.8. The molecule has 5 aromatic rings. The van der Waals surface area contributed by atoms with Gasteiger partial charge in [-0.05, 0) is 48.7 Å². The van der Waals surface area contributed by atoms with Gasteiger partial charge in [-0.25, -0.2) is 18.9 Å². The van der Waals surface area contributed by atoms with E-state index in [0.29, 0.717) is 40.0 Å². The lowest BCUT2D eigenvalue weighted by Crippen LogP contribution is -2.25. The molecule has 0 spiro atoms. The van der Waals surface area contributed by atoms with Crippen LogP contribution in [-0.4, -0.2) is 35.6 Å². The van der Waals surface area contributed by atoms with Gasteiger partial charge in [0.05, 0.1) is 23.6 Å². The minimum absolute atomic E-state index is 0.372. The van der Waals surface area contributed by atoms with Gasteiger partial charge in [0.25, 0.3) is 5.78 Å². The van der Waals surface area contributed by atoms with Crippen molar-refractivity contribution in [3.05, 3.63) is 89.8 Å². The van der Waals surface area contributed by atoms with Gasteiger partial charge in [-0.15, -0.1) is 0 Å². The SMILES string of the molecule is Fc1cc(-c2cnc3ncc(Cc4ccc5ncccc5c4)n3n2)ccc1C(=S)NC1CC1. The number of halogens is 1. The third-order valence-electron chi connectivity index (χ3n) is 5.78. The van der Waals surface area contributed by atoms with E-state index in [-0.39, 0.29) is 5.82 Å². The summed E-state index contributed by atoms with van der Waals surface area (Å²) in [5.74, 6) is 0.131. The Morgan fingerprint density at radius 2 is 1.94 bits per heavy atom. The average molecular weight is 455 g/mol. The van der Waals surface area contributed by atoms with E-state index in [1.165, 1.54) is 6.07 Å². The summed E-state index contributed by atoms with van der Waals surface area (Å²) >= 11 is 5.35. The molecule has 0 radical (unpaired) electrons. The van der Waals surface area contributed by atoms with E-state index in [1.807, 2.05) is 24.3 Å². The molecule has 6 rings (SSSR count). The molecule has 8 heteroatoms. The third-order valence-corrected chi connectivity index (χ3v) is 6.11. The number of nitrogens with zero attached hydrogens (tertiary/aromatic N) is 5. The fourth-order valence-electron chi connectivity index (χ4n) is 3.87. The summed E-state index contributed by atoms with van der Waals surface area (Å²) in [6.07, 6.45) is 7.98. The molecular weight excluding hydrogens is 435 g/mol. The predicted octanol–water partition coefficient (Wildman–Crippen LogP) is 4.50. The molecule has 2 aromatic carbocycles. The Labute approximate surface area is 194 Å². The van der Waals surface area contributed by atoms with Crippen LogP contribution in [0.4, 0.5) is 4.39 Å². The highest BCUT2D eigenvalue weighted by molar-refractivity contribution is 7.80. The third kappa shape index (κ3) is 3.93. The molecule has 3 aromatic heterocycles. The number of hydrogen-bond acceptors (Lipinski definition) is 5. The van der Waals surface area contributed by atoms with Crippen LogP contribution >= 0.6 is 12.2 Å². The van der Waals surface area contributed by atoms with Crippen LogP contribution in [-0.2, 0) is 6.42 Å². The Hall–Kier alpha value is -3.78. The molecule has 0 amide bonds. The number of pyridine rings is 1. The van der Waals surface area contributed by atoms with Crippen LogP contribution in [0.15, 0.2) is 67.1 Å². The van der Waals surface area contributed by atoms with Crippen molar-refractivity contribution >= 4 is 33.9 Å². The highest BCUT2D eigenvalue weighted by Crippen LogP contribution is 2.24. The Bertz CT molecular complexity index is 1520. The molecule has 162 valence electrons. The zero-order valence-corrected chi connectivity index (χ0v) is 18.4. The normalized spacial score (nSPS) is 13.5. The zero-order valence-electron chi connectivity index (χ0n) is 17.6. The van der Waals surface area contributed by atoms with E-state index < -0.39 is 0 Å². The summed E-state index contributed by atoms with van der Waals surface area (Å²) in [7, 11) is 0. The number of aromatic nitrogens is 5. The summed E-state index contributed by atoms with van der Waals surface area (Å²) in [6.45, 7) is 0. The first kappa shape index (κ1) is 19.9. The van der Waals surface area contributed by atoms with Crippen LogP contribution in [0.3, 0.4) is 0 Å². The minimum atomic E-state index is -0.372. The van der Waals surface area contributed by atoms with E-state index in [0.717, 1.165) is 35.0 Å². The van der Waals surface area contributed by atoms with Crippen molar-refractivity contribution in [3.8, 4) is 11.3 Å². The Balaban J connectivity index is 1.31. The predicted molar refractivity (Wildman–Crippen MR) is 129 cm³/mol. The van der Waals surface area contributed by atoms with Gasteiger partial charge in [-0.3, -0.25) is 4.98 Å². The molecule has 1 aliphatic rings. The van der Waals surface area contributed by atoms with E-state index in [4.69, 9.17) is 17.3 Å². The van der Waals surface area contributed by atoms with Crippen molar-refractivity contribution in [1.29, 1.82) is 0 Å². The molecular formula is C25H19FN6S. The fourth-order valence-corrected chi connectivity index (χ4v) is 4.20. The largest absolute Gasteiger partial charge is 0.373 e. The van der Waals surface area contributed by atoms with Crippen molar-refractivity contribution in [2.24, 2.45) is 0 Å². The first-order valence-electron chi connectivity index (χ1n) is 10.8. The second-order valence-corrected chi connectivity index (χ2v) is 8.66. The molecule has 0 saturated heterocycles. The lowest BCUT2D eigenvalue weighted by molar-refractivity contribution is 0.624. The second kappa shape index (κ2) is 7.97. The molecule has 0 aliphatic heterocycles. The Morgan fingerprint density at radius 3 is 2.79 bits per heavy atom. The second-order valence-electron chi connectivity index (χ2n) is 8.25. The quantitative estimate of drug-likeness (QED) is 0.395. The number of rotatable bonds is 5. The number of fused-ring (bicyclic) bond motifs is 2. The molecule has 1 fully saturated rings. The van der Waals surface area contributed by atoms with Crippen molar-refractivity contribution in [1.82, 2.24) is 29.9 Å². The van der Waals surface area contributed by atoms with Crippen LogP contribution in [0, 0.1) is 5.82 Å². The molecule has 3 heterocycles. The van der Waals surface area contributed by atoms with E-state index in [9.17, 15) is 4.39 Å². The van der Waals surface area contributed by atoms with Gasteiger partial charge in [0, 0.05) is 35.2 Å². The Kier molecular flexibility index (Phi) is 4.80. The maximum atomic E-state index is 14.8. The first-order valence-corrected chi connectivity index (χ1v) is 11.2. The molecule has 0 atom stereocenters. The average Bonchev–Trinajstić information content (AvgIpc) is 3.57. The first-order chi connectivity index (χ1) is 16.1. The van der Waals surface area contributed by atoms with Gasteiger partial charge in [-0.2, -0.15) is 5.10 Å². The topological polar surface area (TPSA) is 68.0 Å². The smallest absolute Gasteiger partial charge is 0.250 e. The Morgan fingerprint density at radius 1 is 1.06 bits per heavy atom. The van der Waals surface area contributed by atoms with Crippen LogP contribution < -0.4 is 5.32 Å². The summed E-state index contributed by atoms with van der Waals surface area (Å²) in [5, 5.41) is 8.97. The van der Waals surface area contributed by atoms with Gasteiger partial charge in [0.15, 0.2) is 0 Å². The highest BCUT2D eigenvalue weighted by Gasteiger charge is 2.23. The van der Waals surface area contributed by atoms with Gasteiger partial charge in [0.2, 0.25) is 0 Å². The molecule has 0 bridgehead atoms. The van der Waals surface area contributed by atoms with Crippen LogP contribution in [0.1, 0.15) is 29.7 Å². The fraction of sp³-hybridized carbons (Fsp3) is 0.160. The van der Waals surface area contributed by atoms with Gasteiger partial charge in [-0.1, -0.05) is 30.4 Å². The number of hydrogen-bond donors (Lipinski definition) is 1. The molecule has 1 aliphatic carbocycles. The molecule has 6 nitrogen and oxygen atoms in total. The van der Waals surface area contributed by atoms with Crippen LogP contribution in [0.25, 0.3) is 27.9 Å². The van der Waals surface area contributed by atoms with Gasteiger partial charge < -0.3 is 5.32 Å². The molecule has 33 heavy (non-hydrogen) atoms. The number of thiocarbonyl (C=S) groups is 1. The summed E-state index contributed by atoms with van der Waals surface area (Å²) in [6, 6.07) is 15.5. The number of imidazole rings is 1. The van der Waals surface area contributed by atoms with Crippen molar-refractivity contribution in [2.45, 2.75) is 25.3 Å². The number of benzene rings is 2. The van der Waals surface area contributed by atoms with E-state index in [1.54, 1.807) is 29.2 Å². The summed E-state index contributed by atoms with van der Waals surface area (Å²) < 4.78 is 16.5. The van der Waals surface area contributed by atoms with E-state index >= 15 is 0 Å². The maximum Gasteiger partial charge on any atom is 0.250 e. The molecule has 1 N–H and O–H groups in total. The molecule has 1 saturated carbocycles. The van der Waals surface area contributed by atoms with Crippen molar-refractivity contribution in [3.63, 3.8) is 0 Å². The lowest BCUT2D eigenvalue weighted by Gasteiger charge is -2.09. The van der Waals surface area contributed by atoms with Crippen LogP contribution in [0.5, 0.6) is 0 Å². The molecule has 0 unspecified atom stereocenters. The van der Waals surface area contributed by atoms with Crippen LogP contribution in [0.2, 0.25) is 0 Å². The van der Waals surface area contributed by atoms with Gasteiger partial charge >= 0.3 is 0 Å². The van der Waals surface area contributed by atoms with Crippen molar-refractivity contribution < 1.29 is 4.39 Å². The van der Waals surface area contributed by atoms with Gasteiger partial charge in [0.1, 0.15) is 16.5 Å². The summed E-state index contributed by atoms with van der Waals surface area (Å²) in [5.41, 5.74) is 4.58. The monoisotopic (exact) mass is 454 g/mol.